The highest BCUT2D eigenvalue weighted by molar-refractivity contribution is 6.33. The van der Waals surface area contributed by atoms with Gasteiger partial charge in [-0.05, 0) is 18.9 Å². The van der Waals surface area contributed by atoms with Gasteiger partial charge in [0.1, 0.15) is 6.10 Å². The van der Waals surface area contributed by atoms with Crippen molar-refractivity contribution in [2.24, 2.45) is 16.8 Å². The van der Waals surface area contributed by atoms with Gasteiger partial charge in [-0.3, -0.25) is 10.7 Å². The Labute approximate surface area is 176 Å². The van der Waals surface area contributed by atoms with Crippen LogP contribution in [0.1, 0.15) is 12.8 Å². The number of aromatic amines is 1. The van der Waals surface area contributed by atoms with Crippen LogP contribution in [0.4, 0.5) is 5.82 Å². The SMILES string of the molecule is NN(c1nc2nc(O[C@@H]3CO[C@@]4(N)[C@@H]3OC[C@H]4N=O)[nH]c2cc1Cl)C1CCCOC1. The summed E-state index contributed by atoms with van der Waals surface area (Å²) in [6.45, 7) is 1.47. The summed E-state index contributed by atoms with van der Waals surface area (Å²) in [5.41, 5.74) is 5.86. The highest BCUT2D eigenvalue weighted by atomic mass is 35.5. The van der Waals surface area contributed by atoms with Gasteiger partial charge in [0.05, 0.1) is 36.4 Å². The number of H-pyrrole nitrogens is 1. The Kier molecular flexibility index (Phi) is 5.00. The number of anilines is 1. The number of hydrazine groups is 1. The van der Waals surface area contributed by atoms with Gasteiger partial charge in [0, 0.05) is 6.61 Å². The molecule has 0 aromatic carbocycles. The van der Waals surface area contributed by atoms with Crippen LogP contribution in [0, 0.1) is 4.91 Å². The summed E-state index contributed by atoms with van der Waals surface area (Å²) in [5.74, 6) is 6.67. The van der Waals surface area contributed by atoms with Crippen LogP contribution >= 0.6 is 11.6 Å². The first kappa shape index (κ1) is 19.8. The summed E-state index contributed by atoms with van der Waals surface area (Å²) in [6.07, 6.45) is 0.630. The van der Waals surface area contributed by atoms with Gasteiger partial charge in [-0.15, -0.1) is 0 Å². The topological polar surface area (TPSA) is 163 Å². The first-order valence-corrected chi connectivity index (χ1v) is 10.1. The molecule has 162 valence electrons. The van der Waals surface area contributed by atoms with Gasteiger partial charge in [-0.25, -0.2) is 10.8 Å². The molecule has 5 N–H and O–H groups in total. The van der Waals surface area contributed by atoms with Crippen LogP contribution in [0.15, 0.2) is 11.2 Å². The maximum absolute atomic E-state index is 11.0. The second-order valence-corrected chi connectivity index (χ2v) is 8.09. The smallest absolute Gasteiger partial charge is 0.296 e. The first-order chi connectivity index (χ1) is 14.5. The lowest BCUT2D eigenvalue weighted by atomic mass is 10.0. The highest BCUT2D eigenvalue weighted by Gasteiger charge is 2.60. The van der Waals surface area contributed by atoms with Crippen molar-refractivity contribution in [1.29, 1.82) is 0 Å². The maximum atomic E-state index is 11.0. The third-order valence-electron chi connectivity index (χ3n) is 5.79. The van der Waals surface area contributed by atoms with Crippen LogP contribution in [-0.4, -0.2) is 71.4 Å². The van der Waals surface area contributed by atoms with E-state index < -0.39 is 24.0 Å². The molecule has 3 fully saturated rings. The Hall–Kier alpha value is -2.09. The Morgan fingerprint density at radius 2 is 2.23 bits per heavy atom. The second kappa shape index (κ2) is 7.55. The van der Waals surface area contributed by atoms with Crippen molar-refractivity contribution in [1.82, 2.24) is 15.0 Å². The largest absolute Gasteiger partial charge is 0.456 e. The van der Waals surface area contributed by atoms with Crippen LogP contribution in [-0.2, 0) is 14.2 Å². The van der Waals surface area contributed by atoms with E-state index in [2.05, 4.69) is 20.1 Å². The maximum Gasteiger partial charge on any atom is 0.296 e. The highest BCUT2D eigenvalue weighted by Crippen LogP contribution is 2.37. The second-order valence-electron chi connectivity index (χ2n) is 7.68. The number of nitrogens with one attached hydrogen (secondary N) is 1. The van der Waals surface area contributed by atoms with Gasteiger partial charge in [0.15, 0.2) is 29.3 Å². The molecule has 13 heteroatoms. The number of rotatable bonds is 5. The van der Waals surface area contributed by atoms with E-state index in [-0.39, 0.29) is 25.3 Å². The molecule has 5 rings (SSSR count). The van der Waals surface area contributed by atoms with Crippen molar-refractivity contribution in [3.8, 4) is 6.01 Å². The van der Waals surface area contributed by atoms with Gasteiger partial charge < -0.3 is 23.9 Å². The van der Waals surface area contributed by atoms with Crippen molar-refractivity contribution in [3.63, 3.8) is 0 Å². The Balaban J connectivity index is 1.36. The summed E-state index contributed by atoms with van der Waals surface area (Å²) < 4.78 is 22.6. The Morgan fingerprint density at radius 3 is 3.00 bits per heavy atom. The van der Waals surface area contributed by atoms with E-state index in [1.165, 1.54) is 5.01 Å². The molecule has 3 saturated heterocycles. The molecule has 0 bridgehead atoms. The number of pyridine rings is 1. The molecule has 0 amide bonds. The Morgan fingerprint density at radius 1 is 1.37 bits per heavy atom. The van der Waals surface area contributed by atoms with Gasteiger partial charge in [0.25, 0.3) is 6.01 Å². The van der Waals surface area contributed by atoms with E-state index in [0.29, 0.717) is 28.6 Å². The van der Waals surface area contributed by atoms with E-state index in [4.69, 9.17) is 42.1 Å². The molecule has 5 atom stereocenters. The number of halogens is 1. The predicted octanol–water partition coefficient (Wildman–Crippen LogP) is 0.437. The van der Waals surface area contributed by atoms with Crippen LogP contribution in [0.25, 0.3) is 11.2 Å². The number of aromatic nitrogens is 3. The molecule has 2 aromatic rings. The summed E-state index contributed by atoms with van der Waals surface area (Å²) in [6, 6.07) is 1.11. The lowest BCUT2D eigenvalue weighted by molar-refractivity contribution is -0.0260. The molecule has 0 spiro atoms. The van der Waals surface area contributed by atoms with E-state index in [1.807, 2.05) is 0 Å². The summed E-state index contributed by atoms with van der Waals surface area (Å²) in [4.78, 5) is 22.9. The fraction of sp³-hybridized carbons (Fsp3) is 0.647. The zero-order chi connectivity index (χ0) is 20.9. The van der Waals surface area contributed by atoms with Crippen molar-refractivity contribution in [2.45, 2.75) is 42.9 Å². The molecule has 0 radical (unpaired) electrons. The normalized spacial score (nSPS) is 33.6. The third-order valence-corrected chi connectivity index (χ3v) is 6.06. The zero-order valence-corrected chi connectivity index (χ0v) is 16.7. The van der Waals surface area contributed by atoms with E-state index in [1.54, 1.807) is 6.07 Å². The quantitative estimate of drug-likeness (QED) is 0.338. The molecule has 5 heterocycles. The summed E-state index contributed by atoms with van der Waals surface area (Å²) in [7, 11) is 0. The van der Waals surface area contributed by atoms with Crippen LogP contribution in [0.2, 0.25) is 5.02 Å². The average molecular weight is 440 g/mol. The molecule has 30 heavy (non-hydrogen) atoms. The first-order valence-electron chi connectivity index (χ1n) is 9.71. The van der Waals surface area contributed by atoms with Crippen molar-refractivity contribution in [3.05, 3.63) is 16.0 Å². The predicted molar refractivity (Wildman–Crippen MR) is 106 cm³/mol. The van der Waals surface area contributed by atoms with Gasteiger partial charge in [0.2, 0.25) is 0 Å². The molecule has 3 aliphatic rings. The van der Waals surface area contributed by atoms with Crippen molar-refractivity contribution >= 4 is 28.6 Å². The standard InChI is InChI=1S/C17H22ClN7O5/c18-9-4-10-14(22-15(9)25(20)8-2-1-3-27-5-8)23-16(21-10)30-11-6-29-17(19)12(24-26)7-28-13(11)17/h4,8,11-13H,1-3,5-7,19-20H2,(H,21,22,23)/t8?,11-,12-,13-,17-/m1/s1. The molecular formula is C17H22ClN7O5. The minimum absolute atomic E-state index is 0.0110. The minimum atomic E-state index is -1.30. The van der Waals surface area contributed by atoms with Gasteiger partial charge in [-0.1, -0.05) is 16.8 Å². The molecule has 2 aromatic heterocycles. The fourth-order valence-electron chi connectivity index (χ4n) is 4.13. The zero-order valence-electron chi connectivity index (χ0n) is 16.0. The summed E-state index contributed by atoms with van der Waals surface area (Å²) >= 11 is 6.41. The lowest BCUT2D eigenvalue weighted by Gasteiger charge is -2.31. The van der Waals surface area contributed by atoms with E-state index in [9.17, 15) is 4.91 Å². The fourth-order valence-corrected chi connectivity index (χ4v) is 4.38. The van der Waals surface area contributed by atoms with Crippen molar-refractivity contribution < 1.29 is 18.9 Å². The van der Waals surface area contributed by atoms with Crippen LogP contribution in [0.3, 0.4) is 0 Å². The third kappa shape index (κ3) is 3.20. The van der Waals surface area contributed by atoms with E-state index >= 15 is 0 Å². The number of ether oxygens (including phenoxy) is 4. The molecule has 0 aliphatic carbocycles. The molecule has 12 nitrogen and oxygen atoms in total. The molecule has 0 saturated carbocycles. The Bertz CT molecular complexity index is 954. The average Bonchev–Trinajstić information content (AvgIpc) is 3.39. The van der Waals surface area contributed by atoms with Gasteiger partial charge in [-0.2, -0.15) is 9.89 Å². The molecular weight excluding hydrogens is 418 g/mol. The molecule has 3 aliphatic heterocycles. The number of hydrogen-bond donors (Lipinski definition) is 3. The summed E-state index contributed by atoms with van der Waals surface area (Å²) in [5, 5.41) is 4.91. The van der Waals surface area contributed by atoms with E-state index in [0.717, 1.165) is 19.4 Å². The van der Waals surface area contributed by atoms with Crippen LogP contribution in [0.5, 0.6) is 6.01 Å². The number of nitrogens with two attached hydrogens (primary N) is 2. The van der Waals surface area contributed by atoms with Crippen LogP contribution < -0.4 is 21.3 Å². The minimum Gasteiger partial charge on any atom is -0.456 e. The monoisotopic (exact) mass is 439 g/mol. The van der Waals surface area contributed by atoms with Crippen molar-refractivity contribution in [2.75, 3.05) is 31.4 Å². The molecule has 1 unspecified atom stereocenters. The number of nitroso groups, excluding NO2 is 1. The van der Waals surface area contributed by atoms with Gasteiger partial charge >= 0.3 is 0 Å². The number of hydrogen-bond acceptors (Lipinski definition) is 11. The number of imidazole rings is 1. The number of nitrogens with zero attached hydrogens (tertiary/aromatic N) is 4. The number of fused-ring (bicyclic) bond motifs is 2. The lowest BCUT2D eigenvalue weighted by Crippen LogP contribution is -2.54.